The molecule has 0 spiro atoms. The number of carboxylic acids is 1. The summed E-state index contributed by atoms with van der Waals surface area (Å²) < 4.78 is 5.56. The van der Waals surface area contributed by atoms with E-state index in [1.165, 1.54) is 0 Å². The number of anilines is 1. The predicted octanol–water partition coefficient (Wildman–Crippen LogP) is 1.81. The molecule has 1 aromatic rings. The summed E-state index contributed by atoms with van der Waals surface area (Å²) in [6.45, 7) is 6.15. The van der Waals surface area contributed by atoms with Gasteiger partial charge in [-0.1, -0.05) is 13.8 Å². The molecule has 1 aromatic heterocycles. The zero-order chi connectivity index (χ0) is 14.5. The van der Waals surface area contributed by atoms with Crippen LogP contribution >= 0.6 is 0 Å². The Morgan fingerprint density at radius 2 is 2.15 bits per heavy atom. The molecule has 2 rings (SSSR count). The summed E-state index contributed by atoms with van der Waals surface area (Å²) in [6, 6.07) is 0. The van der Waals surface area contributed by atoms with E-state index in [0.717, 1.165) is 5.82 Å². The van der Waals surface area contributed by atoms with Crippen molar-refractivity contribution in [3.63, 3.8) is 0 Å². The van der Waals surface area contributed by atoms with E-state index in [4.69, 9.17) is 9.84 Å². The van der Waals surface area contributed by atoms with Crippen molar-refractivity contribution in [2.75, 3.05) is 24.6 Å². The average molecular weight is 279 g/mol. The first-order chi connectivity index (χ1) is 9.56. The third-order valence-corrected chi connectivity index (χ3v) is 3.33. The Morgan fingerprint density at radius 3 is 2.75 bits per heavy atom. The maximum Gasteiger partial charge on any atom is 0.306 e. The Bertz CT molecular complexity index is 457. The Morgan fingerprint density at radius 1 is 1.45 bits per heavy atom. The van der Waals surface area contributed by atoms with E-state index < -0.39 is 5.97 Å². The Labute approximate surface area is 118 Å². The molecular weight excluding hydrogens is 258 g/mol. The number of aromatic nitrogens is 2. The third kappa shape index (κ3) is 3.82. The zero-order valence-electron chi connectivity index (χ0n) is 12.0. The average Bonchev–Trinajstić information content (AvgIpc) is 2.45. The lowest BCUT2D eigenvalue weighted by Gasteiger charge is -2.30. The molecule has 2 heterocycles. The van der Waals surface area contributed by atoms with Crippen LogP contribution in [-0.2, 0) is 4.79 Å². The highest BCUT2D eigenvalue weighted by molar-refractivity contribution is 5.70. The molecule has 6 heteroatoms. The second-order valence-electron chi connectivity index (χ2n) is 5.52. The molecule has 0 aliphatic carbocycles. The maximum atomic E-state index is 10.9. The van der Waals surface area contributed by atoms with Gasteiger partial charge in [-0.3, -0.25) is 9.78 Å². The molecule has 0 bridgehead atoms. The van der Waals surface area contributed by atoms with Crippen LogP contribution in [0.2, 0.25) is 0 Å². The van der Waals surface area contributed by atoms with Gasteiger partial charge in [0.2, 0.25) is 5.88 Å². The normalized spacial score (nSPS) is 16.4. The number of aliphatic carboxylic acids is 1. The molecule has 0 radical (unpaired) electrons. The van der Waals surface area contributed by atoms with Gasteiger partial charge in [-0.15, -0.1) is 0 Å². The molecular formula is C14H21N3O3. The lowest BCUT2D eigenvalue weighted by molar-refractivity contribution is -0.142. The van der Waals surface area contributed by atoms with Gasteiger partial charge in [-0.25, -0.2) is 0 Å². The van der Waals surface area contributed by atoms with Gasteiger partial charge in [0.15, 0.2) is 5.82 Å². The molecule has 0 amide bonds. The maximum absolute atomic E-state index is 10.9. The first-order valence-corrected chi connectivity index (χ1v) is 6.99. The van der Waals surface area contributed by atoms with E-state index in [-0.39, 0.29) is 5.92 Å². The van der Waals surface area contributed by atoms with Crippen LogP contribution in [0.4, 0.5) is 5.82 Å². The summed E-state index contributed by atoms with van der Waals surface area (Å²) in [5.74, 6) is 0.780. The second kappa shape index (κ2) is 6.54. The van der Waals surface area contributed by atoms with Crippen LogP contribution in [0, 0.1) is 11.8 Å². The largest absolute Gasteiger partial charge is 0.481 e. The minimum atomic E-state index is -0.704. The molecule has 1 saturated heterocycles. The molecule has 0 saturated carbocycles. The molecule has 0 aromatic carbocycles. The van der Waals surface area contributed by atoms with Gasteiger partial charge < -0.3 is 14.7 Å². The third-order valence-electron chi connectivity index (χ3n) is 3.33. The van der Waals surface area contributed by atoms with Crippen LogP contribution in [0.3, 0.4) is 0 Å². The van der Waals surface area contributed by atoms with E-state index in [0.29, 0.717) is 44.3 Å². The highest BCUT2D eigenvalue weighted by Gasteiger charge is 2.25. The van der Waals surface area contributed by atoms with Crippen LogP contribution in [-0.4, -0.2) is 40.7 Å². The van der Waals surface area contributed by atoms with Crippen molar-refractivity contribution in [3.8, 4) is 5.88 Å². The molecule has 6 nitrogen and oxygen atoms in total. The topological polar surface area (TPSA) is 75.5 Å². The van der Waals surface area contributed by atoms with Crippen molar-refractivity contribution in [1.82, 2.24) is 9.97 Å². The molecule has 1 N–H and O–H groups in total. The predicted molar refractivity (Wildman–Crippen MR) is 74.9 cm³/mol. The number of rotatable bonds is 5. The fourth-order valence-electron chi connectivity index (χ4n) is 2.17. The number of carbonyl (C=O) groups is 1. The lowest BCUT2D eigenvalue weighted by atomic mass is 9.97. The molecule has 110 valence electrons. The highest BCUT2D eigenvalue weighted by atomic mass is 16.5. The van der Waals surface area contributed by atoms with Crippen LogP contribution in [0.25, 0.3) is 0 Å². The van der Waals surface area contributed by atoms with E-state index in [2.05, 4.69) is 28.7 Å². The number of carboxylic acid groups (broad SMARTS) is 1. The van der Waals surface area contributed by atoms with Gasteiger partial charge in [0.25, 0.3) is 0 Å². The Kier molecular flexibility index (Phi) is 4.76. The van der Waals surface area contributed by atoms with E-state index >= 15 is 0 Å². The Hall–Kier alpha value is -1.85. The fourth-order valence-corrected chi connectivity index (χ4v) is 2.17. The second-order valence-corrected chi connectivity index (χ2v) is 5.52. The number of piperidine rings is 1. The number of hydrogen-bond acceptors (Lipinski definition) is 5. The minimum absolute atomic E-state index is 0.236. The van der Waals surface area contributed by atoms with Gasteiger partial charge in [-0.05, 0) is 18.8 Å². The van der Waals surface area contributed by atoms with Gasteiger partial charge in [0, 0.05) is 13.1 Å². The van der Waals surface area contributed by atoms with Crippen molar-refractivity contribution in [2.24, 2.45) is 11.8 Å². The summed E-state index contributed by atoms with van der Waals surface area (Å²) in [6.07, 6.45) is 4.60. The number of nitrogens with zero attached hydrogens (tertiary/aromatic N) is 3. The van der Waals surface area contributed by atoms with E-state index in [1.807, 2.05) is 0 Å². The number of ether oxygens (including phenoxy) is 1. The highest BCUT2D eigenvalue weighted by Crippen LogP contribution is 2.22. The van der Waals surface area contributed by atoms with Crippen LogP contribution in [0.5, 0.6) is 5.88 Å². The van der Waals surface area contributed by atoms with Crippen LogP contribution < -0.4 is 9.64 Å². The first kappa shape index (κ1) is 14.6. The smallest absolute Gasteiger partial charge is 0.306 e. The lowest BCUT2D eigenvalue weighted by Crippen LogP contribution is -2.36. The molecule has 0 atom stereocenters. The molecule has 1 aliphatic rings. The molecule has 1 fully saturated rings. The SMILES string of the molecule is CC(C)COc1cncc(N2CCC(C(=O)O)CC2)n1. The van der Waals surface area contributed by atoms with Crippen LogP contribution in [0.15, 0.2) is 12.4 Å². The van der Waals surface area contributed by atoms with Crippen molar-refractivity contribution in [2.45, 2.75) is 26.7 Å². The summed E-state index contributed by atoms with van der Waals surface area (Å²) in [5, 5.41) is 8.99. The first-order valence-electron chi connectivity index (χ1n) is 6.99. The van der Waals surface area contributed by atoms with E-state index in [9.17, 15) is 4.79 Å². The standard InChI is InChI=1S/C14H21N3O3/c1-10(2)9-20-13-8-15-7-12(16-13)17-5-3-11(4-6-17)14(18)19/h7-8,10-11H,3-6,9H2,1-2H3,(H,18,19). The number of hydrogen-bond donors (Lipinski definition) is 1. The quantitative estimate of drug-likeness (QED) is 0.886. The van der Waals surface area contributed by atoms with Crippen molar-refractivity contribution < 1.29 is 14.6 Å². The van der Waals surface area contributed by atoms with Crippen molar-refractivity contribution in [1.29, 1.82) is 0 Å². The van der Waals surface area contributed by atoms with Gasteiger partial charge in [0.05, 0.1) is 24.9 Å². The van der Waals surface area contributed by atoms with Crippen molar-refractivity contribution >= 4 is 11.8 Å². The summed E-state index contributed by atoms with van der Waals surface area (Å²) in [4.78, 5) is 21.6. The fraction of sp³-hybridized carbons (Fsp3) is 0.643. The van der Waals surface area contributed by atoms with E-state index in [1.54, 1.807) is 12.4 Å². The monoisotopic (exact) mass is 279 g/mol. The van der Waals surface area contributed by atoms with Gasteiger partial charge in [0.1, 0.15) is 0 Å². The zero-order valence-corrected chi connectivity index (χ0v) is 12.0. The molecule has 20 heavy (non-hydrogen) atoms. The Balaban J connectivity index is 1.96. The van der Waals surface area contributed by atoms with Crippen molar-refractivity contribution in [3.05, 3.63) is 12.4 Å². The molecule has 1 aliphatic heterocycles. The van der Waals surface area contributed by atoms with Gasteiger partial charge in [-0.2, -0.15) is 4.98 Å². The summed E-state index contributed by atoms with van der Waals surface area (Å²) >= 11 is 0. The van der Waals surface area contributed by atoms with Crippen LogP contribution in [0.1, 0.15) is 26.7 Å². The molecule has 0 unspecified atom stereocenters. The minimum Gasteiger partial charge on any atom is -0.481 e. The van der Waals surface area contributed by atoms with Gasteiger partial charge >= 0.3 is 5.97 Å². The summed E-state index contributed by atoms with van der Waals surface area (Å²) in [7, 11) is 0. The summed E-state index contributed by atoms with van der Waals surface area (Å²) in [5.41, 5.74) is 0.